The van der Waals surface area contributed by atoms with Gasteiger partial charge in [-0.15, -0.1) is 10.2 Å². The van der Waals surface area contributed by atoms with E-state index in [9.17, 15) is 4.79 Å². The molecule has 0 spiro atoms. The van der Waals surface area contributed by atoms with Gasteiger partial charge in [-0.3, -0.25) is 13.8 Å². The predicted octanol–water partition coefficient (Wildman–Crippen LogP) is 4.72. The van der Waals surface area contributed by atoms with Crippen molar-refractivity contribution < 1.29 is 0 Å². The molecule has 2 heterocycles. The van der Waals surface area contributed by atoms with Crippen molar-refractivity contribution >= 4 is 28.3 Å². The first-order valence-electron chi connectivity index (χ1n) is 9.30. The molecule has 0 bridgehead atoms. The summed E-state index contributed by atoms with van der Waals surface area (Å²) in [5.41, 5.74) is 3.74. The van der Waals surface area contributed by atoms with Crippen LogP contribution in [0, 0.1) is 6.92 Å². The monoisotopic (exact) mass is 400 g/mol. The number of rotatable bonds is 3. The van der Waals surface area contributed by atoms with Crippen molar-refractivity contribution in [1.29, 1.82) is 0 Å². The maximum atomic E-state index is 13.3. The summed E-state index contributed by atoms with van der Waals surface area (Å²) >= 11 is 6.20. The van der Waals surface area contributed by atoms with Gasteiger partial charge in [0.05, 0.1) is 17.4 Å². The van der Waals surface area contributed by atoms with Gasteiger partial charge in [-0.05, 0) is 36.8 Å². The quantitative estimate of drug-likeness (QED) is 0.440. The molecule has 142 valence electrons. The van der Waals surface area contributed by atoms with Crippen LogP contribution in [-0.4, -0.2) is 19.2 Å². The number of aromatic nitrogens is 4. The van der Waals surface area contributed by atoms with E-state index in [0.717, 1.165) is 16.6 Å². The molecule has 0 unspecified atom stereocenters. The van der Waals surface area contributed by atoms with E-state index in [4.69, 9.17) is 11.6 Å². The Morgan fingerprint density at radius 1 is 0.931 bits per heavy atom. The fraction of sp³-hybridized carbons (Fsp3) is 0.0870. The van der Waals surface area contributed by atoms with E-state index >= 15 is 0 Å². The van der Waals surface area contributed by atoms with Crippen LogP contribution in [0.1, 0.15) is 11.1 Å². The minimum atomic E-state index is -0.0845. The Labute approximate surface area is 171 Å². The summed E-state index contributed by atoms with van der Waals surface area (Å²) < 4.78 is 3.60. The van der Waals surface area contributed by atoms with Crippen LogP contribution in [0.3, 0.4) is 0 Å². The van der Waals surface area contributed by atoms with Crippen LogP contribution < -0.4 is 5.56 Å². The Morgan fingerprint density at radius 3 is 2.52 bits per heavy atom. The Hall–Kier alpha value is -3.44. The Morgan fingerprint density at radius 2 is 1.72 bits per heavy atom. The molecule has 0 aliphatic rings. The average molecular weight is 401 g/mol. The summed E-state index contributed by atoms with van der Waals surface area (Å²) in [6.07, 6.45) is 0. The number of aryl methyl sites for hydroxylation is 1. The van der Waals surface area contributed by atoms with Crippen molar-refractivity contribution in [2.24, 2.45) is 0 Å². The molecule has 0 radical (unpaired) electrons. The molecule has 5 rings (SSSR count). The van der Waals surface area contributed by atoms with Crippen molar-refractivity contribution in [2.45, 2.75) is 13.5 Å². The van der Waals surface area contributed by atoms with E-state index < -0.39 is 0 Å². The van der Waals surface area contributed by atoms with Crippen molar-refractivity contribution in [2.75, 3.05) is 0 Å². The Balaban J connectivity index is 1.82. The SMILES string of the molecule is Cc1ccc(Cn2c(=O)c3ccccc3n3c(-c4cccc(Cl)c4)nnc23)cc1. The van der Waals surface area contributed by atoms with Gasteiger partial charge in [0.2, 0.25) is 5.78 Å². The minimum Gasteiger partial charge on any atom is -0.272 e. The van der Waals surface area contributed by atoms with Gasteiger partial charge in [0, 0.05) is 10.6 Å². The maximum absolute atomic E-state index is 13.3. The number of para-hydroxylation sites is 1. The smallest absolute Gasteiger partial charge is 0.263 e. The van der Waals surface area contributed by atoms with Crippen molar-refractivity contribution in [3.63, 3.8) is 0 Å². The van der Waals surface area contributed by atoms with E-state index in [1.165, 1.54) is 5.56 Å². The molecule has 3 aromatic carbocycles. The van der Waals surface area contributed by atoms with Gasteiger partial charge in [-0.2, -0.15) is 0 Å². The highest BCUT2D eigenvalue weighted by molar-refractivity contribution is 6.30. The number of halogens is 1. The van der Waals surface area contributed by atoms with Gasteiger partial charge in [0.1, 0.15) is 0 Å². The summed E-state index contributed by atoms with van der Waals surface area (Å²) in [5.74, 6) is 1.15. The summed E-state index contributed by atoms with van der Waals surface area (Å²) in [6.45, 7) is 2.46. The van der Waals surface area contributed by atoms with E-state index in [1.54, 1.807) is 4.57 Å². The van der Waals surface area contributed by atoms with Gasteiger partial charge in [-0.25, -0.2) is 0 Å². The van der Waals surface area contributed by atoms with E-state index in [1.807, 2.05) is 84.1 Å². The van der Waals surface area contributed by atoms with Crippen molar-refractivity contribution in [3.05, 3.63) is 99.3 Å². The molecule has 0 saturated heterocycles. The highest BCUT2D eigenvalue weighted by atomic mass is 35.5. The highest BCUT2D eigenvalue weighted by Crippen LogP contribution is 2.24. The molecule has 0 amide bonds. The normalized spacial score (nSPS) is 11.4. The van der Waals surface area contributed by atoms with Crippen LogP contribution in [0.4, 0.5) is 0 Å². The second-order valence-electron chi connectivity index (χ2n) is 7.06. The molecule has 2 aromatic heterocycles. The van der Waals surface area contributed by atoms with Gasteiger partial charge in [-0.1, -0.05) is 65.7 Å². The number of hydrogen-bond donors (Lipinski definition) is 0. The first kappa shape index (κ1) is 17.6. The maximum Gasteiger partial charge on any atom is 0.263 e. The van der Waals surface area contributed by atoms with E-state index in [0.29, 0.717) is 28.6 Å². The summed E-state index contributed by atoms with van der Waals surface area (Å²) in [7, 11) is 0. The third kappa shape index (κ3) is 3.00. The molecular formula is C23H17ClN4O. The zero-order valence-corrected chi connectivity index (χ0v) is 16.5. The molecule has 0 saturated carbocycles. The lowest BCUT2D eigenvalue weighted by molar-refractivity contribution is 0.766. The molecule has 29 heavy (non-hydrogen) atoms. The standard InChI is InChI=1S/C23H17ClN4O/c1-15-9-11-16(12-10-15)14-27-22(29)19-7-2-3-8-20(19)28-21(25-26-23(27)28)17-5-4-6-18(24)13-17/h2-13H,14H2,1H3. The molecule has 0 fully saturated rings. The average Bonchev–Trinajstić information content (AvgIpc) is 3.18. The first-order valence-corrected chi connectivity index (χ1v) is 9.68. The third-order valence-corrected chi connectivity index (χ3v) is 5.29. The molecular weight excluding hydrogens is 384 g/mol. The number of nitrogens with zero attached hydrogens (tertiary/aromatic N) is 4. The van der Waals surface area contributed by atoms with Crippen LogP contribution >= 0.6 is 11.6 Å². The van der Waals surface area contributed by atoms with Crippen molar-refractivity contribution in [3.8, 4) is 11.4 Å². The van der Waals surface area contributed by atoms with Crippen LogP contribution in [0.25, 0.3) is 28.1 Å². The number of fused-ring (bicyclic) bond motifs is 3. The number of hydrogen-bond acceptors (Lipinski definition) is 3. The zero-order valence-electron chi connectivity index (χ0n) is 15.7. The zero-order chi connectivity index (χ0) is 20.0. The first-order chi connectivity index (χ1) is 14.1. The predicted molar refractivity (Wildman–Crippen MR) is 115 cm³/mol. The lowest BCUT2D eigenvalue weighted by Gasteiger charge is -2.12. The van der Waals surface area contributed by atoms with Crippen LogP contribution in [0.5, 0.6) is 0 Å². The lowest BCUT2D eigenvalue weighted by Crippen LogP contribution is -2.24. The number of benzene rings is 3. The molecule has 5 nitrogen and oxygen atoms in total. The Kier molecular flexibility index (Phi) is 4.18. The summed E-state index contributed by atoms with van der Waals surface area (Å²) in [6, 6.07) is 23.2. The van der Waals surface area contributed by atoms with Crippen LogP contribution in [0.15, 0.2) is 77.6 Å². The van der Waals surface area contributed by atoms with E-state index in [-0.39, 0.29) is 5.56 Å². The van der Waals surface area contributed by atoms with Gasteiger partial charge < -0.3 is 0 Å². The summed E-state index contributed by atoms with van der Waals surface area (Å²) in [5, 5.41) is 10.0. The topological polar surface area (TPSA) is 52.2 Å². The molecule has 0 N–H and O–H groups in total. The van der Waals surface area contributed by atoms with Gasteiger partial charge in [0.25, 0.3) is 5.56 Å². The van der Waals surface area contributed by atoms with Gasteiger partial charge >= 0.3 is 0 Å². The van der Waals surface area contributed by atoms with Crippen molar-refractivity contribution in [1.82, 2.24) is 19.2 Å². The second-order valence-corrected chi connectivity index (χ2v) is 7.50. The molecule has 0 aliphatic carbocycles. The molecule has 0 atom stereocenters. The second kappa shape index (κ2) is 6.87. The highest BCUT2D eigenvalue weighted by Gasteiger charge is 2.17. The fourth-order valence-corrected chi connectivity index (χ4v) is 3.78. The third-order valence-electron chi connectivity index (χ3n) is 5.05. The largest absolute Gasteiger partial charge is 0.272 e. The van der Waals surface area contributed by atoms with Gasteiger partial charge in [0.15, 0.2) is 5.82 Å². The minimum absolute atomic E-state index is 0.0845. The fourth-order valence-electron chi connectivity index (χ4n) is 3.59. The Bertz CT molecular complexity index is 1420. The molecule has 0 aliphatic heterocycles. The lowest BCUT2D eigenvalue weighted by atomic mass is 10.1. The molecule has 5 aromatic rings. The van der Waals surface area contributed by atoms with Crippen LogP contribution in [0.2, 0.25) is 5.02 Å². The van der Waals surface area contributed by atoms with Crippen LogP contribution in [-0.2, 0) is 6.54 Å². The summed E-state index contributed by atoms with van der Waals surface area (Å²) in [4.78, 5) is 13.3. The molecule has 6 heteroatoms. The van der Waals surface area contributed by atoms with E-state index in [2.05, 4.69) is 10.2 Å².